The highest BCUT2D eigenvalue weighted by molar-refractivity contribution is 5.53. The topological polar surface area (TPSA) is 39.2 Å². The van der Waals surface area contributed by atoms with E-state index in [-0.39, 0.29) is 0 Å². The molecule has 5 nitrogen and oxygen atoms in total. The molecular formula is C24H39N3O2. The number of aryl methyl sites for hydroxylation is 1. The molecule has 0 spiro atoms. The zero-order chi connectivity index (χ0) is 20.1. The molecule has 0 bridgehead atoms. The summed E-state index contributed by atoms with van der Waals surface area (Å²) in [5, 5.41) is 9.42. The normalized spacial score (nSPS) is 28.0. The van der Waals surface area contributed by atoms with Gasteiger partial charge in [-0.15, -0.1) is 0 Å². The minimum absolute atomic E-state index is 0.321. The maximum absolute atomic E-state index is 9.42. The summed E-state index contributed by atoms with van der Waals surface area (Å²) in [6, 6.07) is 10.2. The Labute approximate surface area is 176 Å². The number of hydrogen-bond donors (Lipinski definition) is 1. The lowest BCUT2D eigenvalue weighted by Crippen LogP contribution is -2.57. The highest BCUT2D eigenvalue weighted by Crippen LogP contribution is 2.31. The van der Waals surface area contributed by atoms with Crippen LogP contribution in [0.2, 0.25) is 0 Å². The van der Waals surface area contributed by atoms with Crippen LogP contribution in [-0.4, -0.2) is 86.1 Å². The van der Waals surface area contributed by atoms with Crippen molar-refractivity contribution in [2.75, 3.05) is 64.0 Å². The molecular weight excluding hydrogens is 362 g/mol. The summed E-state index contributed by atoms with van der Waals surface area (Å²) in [6.45, 7) is 11.2. The van der Waals surface area contributed by atoms with E-state index in [0.29, 0.717) is 18.6 Å². The molecule has 3 saturated heterocycles. The van der Waals surface area contributed by atoms with Crippen LogP contribution in [0, 0.1) is 12.8 Å². The van der Waals surface area contributed by atoms with Crippen molar-refractivity contribution in [1.29, 1.82) is 0 Å². The number of piperidine rings is 2. The van der Waals surface area contributed by atoms with Crippen molar-refractivity contribution in [2.24, 2.45) is 5.92 Å². The standard InChI is InChI=1S/C24H39N3O2/c1-20-5-2-3-7-23(20)25-11-8-22(9-12-25)27-13-10-24(21(19-27)6-4-16-28)26-14-17-29-18-15-26/h2-3,5,7,21-22,24,28H,4,6,8-19H2,1H3/t21-,24+/m1/s1. The SMILES string of the molecule is Cc1ccccc1N1CCC(N2CC[C@H](N3CCOCC3)[C@H](CCCO)C2)CC1. The van der Waals surface area contributed by atoms with Crippen molar-refractivity contribution in [2.45, 2.75) is 51.1 Å². The molecule has 2 atom stereocenters. The molecule has 5 heteroatoms. The van der Waals surface area contributed by atoms with Gasteiger partial charge in [0, 0.05) is 57.1 Å². The highest BCUT2D eigenvalue weighted by atomic mass is 16.5. The number of likely N-dealkylation sites (tertiary alicyclic amines) is 1. The third-order valence-corrected chi connectivity index (χ3v) is 7.41. The smallest absolute Gasteiger partial charge is 0.0594 e. The Morgan fingerprint density at radius 1 is 0.966 bits per heavy atom. The molecule has 0 radical (unpaired) electrons. The predicted molar refractivity (Wildman–Crippen MR) is 119 cm³/mol. The summed E-state index contributed by atoms with van der Waals surface area (Å²) in [5.41, 5.74) is 2.80. The van der Waals surface area contributed by atoms with Crippen LogP contribution in [0.25, 0.3) is 0 Å². The number of para-hydroxylation sites is 1. The molecule has 1 aromatic carbocycles. The van der Waals surface area contributed by atoms with E-state index in [9.17, 15) is 5.11 Å². The monoisotopic (exact) mass is 401 g/mol. The van der Waals surface area contributed by atoms with Gasteiger partial charge in [-0.2, -0.15) is 0 Å². The Hall–Kier alpha value is -1.14. The van der Waals surface area contributed by atoms with Gasteiger partial charge in [-0.1, -0.05) is 18.2 Å². The van der Waals surface area contributed by atoms with E-state index in [4.69, 9.17) is 4.74 Å². The molecule has 4 rings (SSSR count). The summed E-state index contributed by atoms with van der Waals surface area (Å²) in [5.74, 6) is 0.684. The van der Waals surface area contributed by atoms with Gasteiger partial charge in [-0.05, 0) is 63.1 Å². The van der Waals surface area contributed by atoms with E-state index in [0.717, 1.165) is 45.2 Å². The Morgan fingerprint density at radius 3 is 2.45 bits per heavy atom. The van der Waals surface area contributed by atoms with Crippen LogP contribution >= 0.6 is 0 Å². The number of hydrogen-bond acceptors (Lipinski definition) is 5. The molecule has 162 valence electrons. The molecule has 3 heterocycles. The van der Waals surface area contributed by atoms with Gasteiger partial charge >= 0.3 is 0 Å². The molecule has 0 saturated carbocycles. The second-order valence-corrected chi connectivity index (χ2v) is 9.13. The third-order valence-electron chi connectivity index (χ3n) is 7.41. The first kappa shape index (κ1) is 21.1. The molecule has 3 aliphatic rings. The summed E-state index contributed by atoms with van der Waals surface area (Å²) in [4.78, 5) is 8.04. The van der Waals surface area contributed by atoms with Crippen molar-refractivity contribution >= 4 is 5.69 Å². The van der Waals surface area contributed by atoms with Crippen molar-refractivity contribution in [3.05, 3.63) is 29.8 Å². The Balaban J connectivity index is 1.34. The van der Waals surface area contributed by atoms with Crippen LogP contribution in [0.4, 0.5) is 5.69 Å². The summed E-state index contributed by atoms with van der Waals surface area (Å²) in [7, 11) is 0. The van der Waals surface area contributed by atoms with E-state index in [2.05, 4.69) is 45.9 Å². The van der Waals surface area contributed by atoms with Crippen molar-refractivity contribution in [3.8, 4) is 0 Å². The Bertz CT molecular complexity index is 626. The van der Waals surface area contributed by atoms with E-state index in [1.165, 1.54) is 56.7 Å². The van der Waals surface area contributed by atoms with Gasteiger partial charge in [-0.25, -0.2) is 0 Å². The molecule has 0 amide bonds. The summed E-state index contributed by atoms with van der Waals surface area (Å²) < 4.78 is 5.58. The molecule has 0 aliphatic carbocycles. The first-order valence-electron chi connectivity index (χ1n) is 11.7. The third kappa shape index (κ3) is 5.13. The van der Waals surface area contributed by atoms with Crippen LogP contribution in [0.5, 0.6) is 0 Å². The van der Waals surface area contributed by atoms with E-state index in [1.54, 1.807) is 0 Å². The van der Waals surface area contributed by atoms with Gasteiger partial charge in [0.2, 0.25) is 0 Å². The maximum Gasteiger partial charge on any atom is 0.0594 e. The lowest BCUT2D eigenvalue weighted by Gasteiger charge is -2.48. The number of ether oxygens (including phenoxy) is 1. The van der Waals surface area contributed by atoms with Gasteiger partial charge in [-0.3, -0.25) is 9.80 Å². The Morgan fingerprint density at radius 2 is 1.72 bits per heavy atom. The lowest BCUT2D eigenvalue weighted by atomic mass is 9.85. The number of rotatable bonds is 6. The van der Waals surface area contributed by atoms with E-state index < -0.39 is 0 Å². The zero-order valence-electron chi connectivity index (χ0n) is 18.1. The fourth-order valence-corrected chi connectivity index (χ4v) is 5.80. The molecule has 0 aromatic heterocycles. The van der Waals surface area contributed by atoms with Crippen molar-refractivity contribution in [3.63, 3.8) is 0 Å². The minimum Gasteiger partial charge on any atom is -0.396 e. The molecule has 1 aromatic rings. The first-order chi connectivity index (χ1) is 14.3. The first-order valence-corrected chi connectivity index (χ1v) is 11.7. The van der Waals surface area contributed by atoms with Crippen LogP contribution in [0.3, 0.4) is 0 Å². The second-order valence-electron chi connectivity index (χ2n) is 9.13. The number of benzene rings is 1. The average molecular weight is 402 g/mol. The van der Waals surface area contributed by atoms with Gasteiger partial charge < -0.3 is 14.7 Å². The Kier molecular flexibility index (Phi) is 7.46. The molecule has 3 fully saturated rings. The zero-order valence-corrected chi connectivity index (χ0v) is 18.1. The van der Waals surface area contributed by atoms with E-state index >= 15 is 0 Å². The number of nitrogens with zero attached hydrogens (tertiary/aromatic N) is 3. The molecule has 1 N–H and O–H groups in total. The van der Waals surface area contributed by atoms with Gasteiger partial charge in [0.1, 0.15) is 0 Å². The minimum atomic E-state index is 0.321. The summed E-state index contributed by atoms with van der Waals surface area (Å²) in [6.07, 6.45) is 5.89. The highest BCUT2D eigenvalue weighted by Gasteiger charge is 2.36. The lowest BCUT2D eigenvalue weighted by molar-refractivity contribution is -0.0298. The number of morpholine rings is 1. The predicted octanol–water partition coefficient (Wildman–Crippen LogP) is 2.76. The number of aliphatic hydroxyl groups excluding tert-OH is 1. The quantitative estimate of drug-likeness (QED) is 0.794. The number of anilines is 1. The van der Waals surface area contributed by atoms with Gasteiger partial charge in [0.05, 0.1) is 13.2 Å². The van der Waals surface area contributed by atoms with Gasteiger partial charge in [0.15, 0.2) is 0 Å². The summed E-state index contributed by atoms with van der Waals surface area (Å²) >= 11 is 0. The average Bonchev–Trinajstić information content (AvgIpc) is 2.78. The van der Waals surface area contributed by atoms with E-state index in [1.807, 2.05) is 0 Å². The van der Waals surface area contributed by atoms with Crippen molar-refractivity contribution < 1.29 is 9.84 Å². The number of aliphatic hydroxyl groups is 1. The maximum atomic E-state index is 9.42. The largest absolute Gasteiger partial charge is 0.396 e. The van der Waals surface area contributed by atoms with Crippen molar-refractivity contribution in [1.82, 2.24) is 9.80 Å². The van der Waals surface area contributed by atoms with Crippen LogP contribution in [-0.2, 0) is 4.74 Å². The molecule has 0 unspecified atom stereocenters. The van der Waals surface area contributed by atoms with Crippen LogP contribution in [0.1, 0.15) is 37.7 Å². The molecule has 29 heavy (non-hydrogen) atoms. The fraction of sp³-hybridized carbons (Fsp3) is 0.750. The van der Waals surface area contributed by atoms with Crippen LogP contribution in [0.15, 0.2) is 24.3 Å². The molecule has 3 aliphatic heterocycles. The van der Waals surface area contributed by atoms with Crippen LogP contribution < -0.4 is 4.90 Å². The fourth-order valence-electron chi connectivity index (χ4n) is 5.80. The van der Waals surface area contributed by atoms with Gasteiger partial charge in [0.25, 0.3) is 0 Å². The second kappa shape index (κ2) is 10.3.